The third-order valence-electron chi connectivity index (χ3n) is 5.18. The fraction of sp³-hybridized carbons (Fsp3) is 0.200. The fourth-order valence-corrected chi connectivity index (χ4v) is 3.91. The van der Waals surface area contributed by atoms with Crippen molar-refractivity contribution in [1.82, 2.24) is 0 Å². The first-order valence-electron chi connectivity index (χ1n) is 10.1. The highest BCUT2D eigenvalue weighted by atomic mass is 16.5. The summed E-state index contributed by atoms with van der Waals surface area (Å²) in [6, 6.07) is 20.8. The van der Waals surface area contributed by atoms with Crippen LogP contribution in [0.15, 0.2) is 66.7 Å². The summed E-state index contributed by atoms with van der Waals surface area (Å²) < 4.78 is 11.2. The van der Waals surface area contributed by atoms with Crippen molar-refractivity contribution < 1.29 is 24.2 Å². The molecule has 0 unspecified atom stereocenters. The van der Waals surface area contributed by atoms with Crippen LogP contribution in [0.4, 0.5) is 10.5 Å². The predicted molar refractivity (Wildman–Crippen MR) is 118 cm³/mol. The van der Waals surface area contributed by atoms with Crippen LogP contribution in [0, 0.1) is 0 Å². The first kappa shape index (κ1) is 20.5. The fourth-order valence-electron chi connectivity index (χ4n) is 3.91. The summed E-state index contributed by atoms with van der Waals surface area (Å²) in [6.07, 6.45) is -0.929. The van der Waals surface area contributed by atoms with Gasteiger partial charge in [0.1, 0.15) is 12.2 Å². The van der Waals surface area contributed by atoms with Gasteiger partial charge in [-0.05, 0) is 48.2 Å². The molecule has 0 saturated carbocycles. The Bertz CT molecular complexity index is 1090. The minimum atomic E-state index is -1.13. The number of amides is 1. The Hall–Kier alpha value is -3.80. The first-order chi connectivity index (χ1) is 15.0. The lowest BCUT2D eigenvalue weighted by Crippen LogP contribution is -2.19. The second-order valence-corrected chi connectivity index (χ2v) is 7.60. The van der Waals surface area contributed by atoms with Crippen LogP contribution >= 0.6 is 0 Å². The van der Waals surface area contributed by atoms with E-state index < -0.39 is 12.1 Å². The van der Waals surface area contributed by atoms with Crippen molar-refractivity contribution in [2.24, 2.45) is 0 Å². The van der Waals surface area contributed by atoms with Gasteiger partial charge in [-0.2, -0.15) is 0 Å². The van der Waals surface area contributed by atoms with Gasteiger partial charge in [0.25, 0.3) is 0 Å². The monoisotopic (exact) mass is 417 g/mol. The number of carboxylic acid groups (broad SMARTS) is 1. The van der Waals surface area contributed by atoms with Crippen molar-refractivity contribution >= 4 is 17.7 Å². The molecule has 1 aliphatic carbocycles. The van der Waals surface area contributed by atoms with Gasteiger partial charge in [0.2, 0.25) is 0 Å². The number of hydrogen-bond acceptors (Lipinski definition) is 4. The second kappa shape index (κ2) is 8.52. The van der Waals surface area contributed by atoms with Gasteiger partial charge in [0.15, 0.2) is 5.75 Å². The highest BCUT2D eigenvalue weighted by Gasteiger charge is 2.29. The number of ether oxygens (including phenoxy) is 2. The molecule has 0 aromatic heterocycles. The van der Waals surface area contributed by atoms with Gasteiger partial charge in [-0.25, -0.2) is 9.59 Å². The van der Waals surface area contributed by atoms with Crippen molar-refractivity contribution in [3.05, 3.63) is 83.4 Å². The maximum Gasteiger partial charge on any atom is 0.411 e. The van der Waals surface area contributed by atoms with Gasteiger partial charge >= 0.3 is 12.1 Å². The number of carbonyl (C=O) groups is 2. The Morgan fingerprint density at radius 2 is 1.55 bits per heavy atom. The zero-order chi connectivity index (χ0) is 22.0. The van der Waals surface area contributed by atoms with Crippen LogP contribution in [-0.2, 0) is 4.74 Å². The molecule has 6 heteroatoms. The molecule has 0 atom stereocenters. The number of anilines is 1. The lowest BCUT2D eigenvalue weighted by molar-refractivity contribution is 0.0690. The standard InChI is InChI=1S/C25H23NO5/c1-15(2)31-23-20(24(27)28)12-7-13-22(23)26-25(29)30-14-21-18-10-5-3-8-16(18)17-9-4-6-11-19(17)21/h3-13,15,21H,14H2,1-2H3,(H,26,29)(H,27,28). The van der Waals surface area contributed by atoms with Crippen molar-refractivity contribution in [2.45, 2.75) is 25.9 Å². The number of nitrogens with one attached hydrogen (secondary N) is 1. The summed E-state index contributed by atoms with van der Waals surface area (Å²) in [5, 5.41) is 12.1. The summed E-state index contributed by atoms with van der Waals surface area (Å²) in [5.74, 6) is -1.08. The molecule has 2 N–H and O–H groups in total. The first-order valence-corrected chi connectivity index (χ1v) is 10.1. The third kappa shape index (κ3) is 4.10. The van der Waals surface area contributed by atoms with E-state index >= 15 is 0 Å². The lowest BCUT2D eigenvalue weighted by Gasteiger charge is -2.18. The molecule has 0 aliphatic heterocycles. The number of carboxylic acids is 1. The SMILES string of the molecule is CC(C)Oc1c(NC(=O)OCC2c3ccccc3-c3ccccc32)cccc1C(=O)O. The normalized spacial score (nSPS) is 12.2. The smallest absolute Gasteiger partial charge is 0.411 e. The quantitative estimate of drug-likeness (QED) is 0.551. The Morgan fingerprint density at radius 3 is 2.13 bits per heavy atom. The number of para-hydroxylation sites is 1. The average molecular weight is 417 g/mol. The van der Waals surface area contributed by atoms with Crippen LogP contribution in [0.1, 0.15) is 41.3 Å². The molecule has 1 amide bonds. The maximum atomic E-state index is 12.6. The number of carbonyl (C=O) groups excluding carboxylic acids is 1. The molecule has 6 nitrogen and oxygen atoms in total. The summed E-state index contributed by atoms with van der Waals surface area (Å²) in [4.78, 5) is 24.1. The molecular formula is C25H23NO5. The van der Waals surface area contributed by atoms with Gasteiger partial charge in [0.05, 0.1) is 11.8 Å². The van der Waals surface area contributed by atoms with Gasteiger partial charge in [-0.1, -0.05) is 54.6 Å². The van der Waals surface area contributed by atoms with Gasteiger partial charge in [-0.15, -0.1) is 0 Å². The Labute approximate surface area is 180 Å². The van der Waals surface area contributed by atoms with Crippen molar-refractivity contribution in [3.8, 4) is 16.9 Å². The Balaban J connectivity index is 1.52. The molecule has 0 saturated heterocycles. The Kier molecular flexibility index (Phi) is 5.62. The van der Waals surface area contributed by atoms with Crippen LogP contribution in [-0.4, -0.2) is 29.9 Å². The highest BCUT2D eigenvalue weighted by molar-refractivity contribution is 5.96. The Morgan fingerprint density at radius 1 is 0.935 bits per heavy atom. The lowest BCUT2D eigenvalue weighted by atomic mass is 9.98. The zero-order valence-electron chi connectivity index (χ0n) is 17.3. The molecule has 158 valence electrons. The molecule has 1 aliphatic rings. The minimum Gasteiger partial charge on any atom is -0.488 e. The molecule has 3 aromatic rings. The summed E-state index contributed by atoms with van der Waals surface area (Å²) in [6.45, 7) is 3.74. The van der Waals surface area contributed by atoms with Crippen LogP contribution < -0.4 is 10.1 Å². The number of aromatic carboxylic acids is 1. The molecular weight excluding hydrogens is 394 g/mol. The molecule has 0 fully saturated rings. The van der Waals surface area contributed by atoms with E-state index in [9.17, 15) is 14.7 Å². The molecule has 4 rings (SSSR count). The van der Waals surface area contributed by atoms with Crippen molar-refractivity contribution in [1.29, 1.82) is 0 Å². The summed E-state index contributed by atoms with van der Waals surface area (Å²) >= 11 is 0. The van der Waals surface area contributed by atoms with Crippen LogP contribution in [0.25, 0.3) is 11.1 Å². The summed E-state index contributed by atoms with van der Waals surface area (Å²) in [7, 11) is 0. The molecule has 3 aromatic carbocycles. The van der Waals surface area contributed by atoms with E-state index in [4.69, 9.17) is 9.47 Å². The van der Waals surface area contributed by atoms with E-state index in [1.54, 1.807) is 26.0 Å². The van der Waals surface area contributed by atoms with E-state index in [-0.39, 0.29) is 35.6 Å². The molecule has 0 spiro atoms. The molecule has 0 radical (unpaired) electrons. The molecule has 31 heavy (non-hydrogen) atoms. The zero-order valence-corrected chi connectivity index (χ0v) is 17.3. The van der Waals surface area contributed by atoms with Gasteiger partial charge in [0, 0.05) is 5.92 Å². The predicted octanol–water partition coefficient (Wildman–Crippen LogP) is 5.53. The van der Waals surface area contributed by atoms with Crippen LogP contribution in [0.2, 0.25) is 0 Å². The highest BCUT2D eigenvalue weighted by Crippen LogP contribution is 2.44. The van der Waals surface area contributed by atoms with Crippen LogP contribution in [0.5, 0.6) is 5.75 Å². The van der Waals surface area contributed by atoms with E-state index in [0.717, 1.165) is 22.3 Å². The number of hydrogen-bond donors (Lipinski definition) is 2. The van der Waals surface area contributed by atoms with E-state index in [0.29, 0.717) is 0 Å². The molecule has 0 heterocycles. The largest absolute Gasteiger partial charge is 0.488 e. The molecule has 0 bridgehead atoms. The van der Waals surface area contributed by atoms with E-state index in [1.807, 2.05) is 36.4 Å². The summed E-state index contributed by atoms with van der Waals surface area (Å²) in [5.41, 5.74) is 4.76. The van der Waals surface area contributed by atoms with E-state index in [2.05, 4.69) is 17.4 Å². The van der Waals surface area contributed by atoms with Gasteiger partial charge in [-0.3, -0.25) is 5.32 Å². The minimum absolute atomic E-state index is 0.0230. The number of rotatable bonds is 6. The second-order valence-electron chi connectivity index (χ2n) is 7.60. The topological polar surface area (TPSA) is 84.9 Å². The van der Waals surface area contributed by atoms with Crippen LogP contribution in [0.3, 0.4) is 0 Å². The number of fused-ring (bicyclic) bond motifs is 3. The maximum absolute atomic E-state index is 12.6. The average Bonchev–Trinajstić information content (AvgIpc) is 3.07. The third-order valence-corrected chi connectivity index (χ3v) is 5.18. The van der Waals surface area contributed by atoms with Gasteiger partial charge < -0.3 is 14.6 Å². The van der Waals surface area contributed by atoms with Crippen molar-refractivity contribution in [2.75, 3.05) is 11.9 Å². The number of benzene rings is 3. The van der Waals surface area contributed by atoms with Crippen molar-refractivity contribution in [3.63, 3.8) is 0 Å². The van der Waals surface area contributed by atoms with E-state index in [1.165, 1.54) is 6.07 Å².